The summed E-state index contributed by atoms with van der Waals surface area (Å²) >= 11 is 0. The summed E-state index contributed by atoms with van der Waals surface area (Å²) in [5, 5.41) is 11.4. The highest BCUT2D eigenvalue weighted by Gasteiger charge is 2.39. The third kappa shape index (κ3) is 6.72. The molecule has 0 fully saturated rings. The van der Waals surface area contributed by atoms with Crippen molar-refractivity contribution in [1.82, 2.24) is 14.9 Å². The first-order valence-corrected chi connectivity index (χ1v) is 11.8. The lowest BCUT2D eigenvalue weighted by molar-refractivity contribution is -0.156. The van der Waals surface area contributed by atoms with Crippen molar-refractivity contribution in [1.29, 1.82) is 0 Å². The number of carbonyl (C=O) groups is 1. The monoisotopic (exact) mass is 483 g/mol. The lowest BCUT2D eigenvalue weighted by Gasteiger charge is -2.32. The molecule has 1 aliphatic rings. The van der Waals surface area contributed by atoms with Gasteiger partial charge in [-0.1, -0.05) is 18.2 Å². The van der Waals surface area contributed by atoms with Crippen LogP contribution in [0.5, 0.6) is 5.75 Å². The molecule has 1 aliphatic heterocycles. The number of nitrogens with zero attached hydrogens (tertiary/aromatic N) is 3. The lowest BCUT2D eigenvalue weighted by atomic mass is 9.81. The molecule has 0 saturated carbocycles. The predicted molar refractivity (Wildman–Crippen MR) is 134 cm³/mol. The normalized spacial score (nSPS) is 15.6. The summed E-state index contributed by atoms with van der Waals surface area (Å²) < 4.78 is 12.0. The molecule has 9 heteroatoms. The number of hydrogen-bond acceptors (Lipinski definition) is 8. The number of rotatable bonds is 10. The summed E-state index contributed by atoms with van der Waals surface area (Å²) in [5.74, 6) is 5.67. The molecule has 1 aromatic heterocycles. The van der Waals surface area contributed by atoms with Crippen LogP contribution in [-0.4, -0.2) is 52.3 Å². The number of aryl methyl sites for hydroxylation is 1. The SMILES string of the molecule is CCN(N)/C=C(\N)COC(c1ccc(C)c(CN2CCOc3cccnc3C2)c1)C(C)(C)C(=O)O. The second-order valence-corrected chi connectivity index (χ2v) is 9.45. The number of ether oxygens (including phenoxy) is 2. The van der Waals surface area contributed by atoms with Crippen LogP contribution in [0.1, 0.15) is 49.3 Å². The maximum absolute atomic E-state index is 12.1. The number of fused-ring (bicyclic) bond motifs is 1. The van der Waals surface area contributed by atoms with Crippen LogP contribution in [0.3, 0.4) is 0 Å². The molecule has 1 atom stereocenters. The Morgan fingerprint density at radius 2 is 2.17 bits per heavy atom. The van der Waals surface area contributed by atoms with E-state index >= 15 is 0 Å². The van der Waals surface area contributed by atoms with Gasteiger partial charge >= 0.3 is 5.97 Å². The first-order chi connectivity index (χ1) is 16.6. The van der Waals surface area contributed by atoms with Crippen molar-refractivity contribution in [3.05, 3.63) is 70.8 Å². The third-order valence-electron chi connectivity index (χ3n) is 6.28. The number of carboxylic acids is 1. The molecule has 35 heavy (non-hydrogen) atoms. The maximum Gasteiger partial charge on any atom is 0.312 e. The van der Waals surface area contributed by atoms with Crippen LogP contribution < -0.4 is 16.3 Å². The Labute approximate surface area is 207 Å². The Bertz CT molecular complexity index is 1060. The van der Waals surface area contributed by atoms with E-state index < -0.39 is 17.5 Å². The molecule has 190 valence electrons. The number of hydrogen-bond donors (Lipinski definition) is 3. The largest absolute Gasteiger partial charge is 0.490 e. The fourth-order valence-corrected chi connectivity index (χ4v) is 4.00. The van der Waals surface area contributed by atoms with Gasteiger partial charge in [0.25, 0.3) is 0 Å². The molecule has 0 bridgehead atoms. The first-order valence-electron chi connectivity index (χ1n) is 11.8. The number of benzene rings is 1. The maximum atomic E-state index is 12.1. The molecule has 2 aromatic rings. The second-order valence-electron chi connectivity index (χ2n) is 9.45. The van der Waals surface area contributed by atoms with Gasteiger partial charge in [-0.2, -0.15) is 0 Å². The van der Waals surface area contributed by atoms with Crippen LogP contribution in [-0.2, 0) is 22.6 Å². The Morgan fingerprint density at radius 3 is 2.89 bits per heavy atom. The van der Waals surface area contributed by atoms with Crippen LogP contribution in [0.4, 0.5) is 0 Å². The number of nitrogens with two attached hydrogens (primary N) is 2. The van der Waals surface area contributed by atoms with Gasteiger partial charge < -0.3 is 25.3 Å². The van der Waals surface area contributed by atoms with Crippen LogP contribution in [0.15, 0.2) is 48.4 Å². The minimum atomic E-state index is -1.18. The highest BCUT2D eigenvalue weighted by molar-refractivity contribution is 5.74. The molecule has 0 spiro atoms. The Morgan fingerprint density at radius 1 is 1.40 bits per heavy atom. The van der Waals surface area contributed by atoms with Gasteiger partial charge in [-0.25, -0.2) is 5.84 Å². The zero-order valence-electron chi connectivity index (χ0n) is 21.0. The third-order valence-corrected chi connectivity index (χ3v) is 6.28. The van der Waals surface area contributed by atoms with Crippen molar-refractivity contribution in [3.63, 3.8) is 0 Å². The number of hydrazine groups is 1. The topological polar surface area (TPSA) is 127 Å². The fraction of sp³-hybridized carbons (Fsp3) is 0.462. The van der Waals surface area contributed by atoms with Gasteiger partial charge in [0.05, 0.1) is 29.5 Å². The highest BCUT2D eigenvalue weighted by Crippen LogP contribution is 2.38. The van der Waals surface area contributed by atoms with Gasteiger partial charge in [0.1, 0.15) is 12.4 Å². The van der Waals surface area contributed by atoms with E-state index in [9.17, 15) is 9.90 Å². The van der Waals surface area contributed by atoms with Crippen LogP contribution in [0.2, 0.25) is 0 Å². The van der Waals surface area contributed by atoms with Gasteiger partial charge in [0, 0.05) is 38.6 Å². The van der Waals surface area contributed by atoms with Gasteiger partial charge in [0.2, 0.25) is 0 Å². The molecule has 0 amide bonds. The van der Waals surface area contributed by atoms with E-state index in [4.69, 9.17) is 21.1 Å². The number of carboxylic acid groups (broad SMARTS) is 1. The summed E-state index contributed by atoms with van der Waals surface area (Å²) in [7, 11) is 0. The number of aromatic nitrogens is 1. The Kier molecular flexibility index (Phi) is 8.71. The van der Waals surface area contributed by atoms with Crippen molar-refractivity contribution in [2.24, 2.45) is 17.0 Å². The molecule has 9 nitrogen and oxygen atoms in total. The molecule has 0 radical (unpaired) electrons. The smallest absolute Gasteiger partial charge is 0.312 e. The molecule has 5 N–H and O–H groups in total. The molecule has 0 saturated heterocycles. The van der Waals surface area contributed by atoms with Crippen molar-refractivity contribution >= 4 is 5.97 Å². The summed E-state index contributed by atoms with van der Waals surface area (Å²) in [6.45, 7) is 10.6. The van der Waals surface area contributed by atoms with E-state index in [1.165, 1.54) is 5.01 Å². The standard InChI is InChI=1S/C26H37N5O4/c1-5-31(28)15-21(27)17-35-24(26(3,4)25(32)33)19-9-8-18(2)20(13-19)14-30-11-12-34-23-7-6-10-29-22(23)16-30/h6-10,13,15,24H,5,11-12,14,16-17,27-28H2,1-4H3,(H,32,33)/b21-15-. The van der Waals surface area contributed by atoms with E-state index in [0.29, 0.717) is 31.9 Å². The second kappa shape index (κ2) is 11.5. The van der Waals surface area contributed by atoms with Crippen molar-refractivity contribution in [3.8, 4) is 5.75 Å². The Hall–Kier alpha value is -3.14. The Balaban J connectivity index is 1.85. The average molecular weight is 484 g/mol. The van der Waals surface area contributed by atoms with Gasteiger partial charge in [-0.05, 0) is 56.5 Å². The van der Waals surface area contributed by atoms with Gasteiger partial charge in [0.15, 0.2) is 0 Å². The molecule has 2 heterocycles. The highest BCUT2D eigenvalue weighted by atomic mass is 16.5. The van der Waals surface area contributed by atoms with E-state index in [-0.39, 0.29) is 6.61 Å². The number of aliphatic carboxylic acids is 1. The van der Waals surface area contributed by atoms with Gasteiger partial charge in [-0.15, -0.1) is 0 Å². The molecular formula is C26H37N5O4. The summed E-state index contributed by atoms with van der Waals surface area (Å²) in [6, 6.07) is 9.80. The minimum Gasteiger partial charge on any atom is -0.490 e. The number of pyridine rings is 1. The predicted octanol–water partition coefficient (Wildman–Crippen LogP) is 2.95. The minimum absolute atomic E-state index is 0.0597. The molecule has 1 aromatic carbocycles. The molecular weight excluding hydrogens is 446 g/mol. The van der Waals surface area contributed by atoms with E-state index in [2.05, 4.69) is 16.8 Å². The van der Waals surface area contributed by atoms with Crippen LogP contribution in [0, 0.1) is 12.3 Å². The van der Waals surface area contributed by atoms with Crippen LogP contribution >= 0.6 is 0 Å². The van der Waals surface area contributed by atoms with E-state index in [1.807, 2.05) is 37.3 Å². The zero-order valence-corrected chi connectivity index (χ0v) is 21.0. The summed E-state index contributed by atoms with van der Waals surface area (Å²) in [6.07, 6.45) is 2.66. The summed E-state index contributed by atoms with van der Waals surface area (Å²) in [4.78, 5) is 18.9. The summed E-state index contributed by atoms with van der Waals surface area (Å²) in [5.41, 5.74) is 9.22. The van der Waals surface area contributed by atoms with Crippen molar-refractivity contribution < 1.29 is 19.4 Å². The fourth-order valence-electron chi connectivity index (χ4n) is 4.00. The first kappa shape index (κ1) is 26.5. The van der Waals surface area contributed by atoms with Crippen molar-refractivity contribution in [2.45, 2.75) is 46.9 Å². The molecule has 1 unspecified atom stereocenters. The van der Waals surface area contributed by atoms with Crippen LogP contribution in [0.25, 0.3) is 0 Å². The van der Waals surface area contributed by atoms with Crippen molar-refractivity contribution in [2.75, 3.05) is 26.3 Å². The molecule has 3 rings (SSSR count). The average Bonchev–Trinajstić information content (AvgIpc) is 3.02. The zero-order chi connectivity index (χ0) is 25.6. The molecule has 0 aliphatic carbocycles. The van der Waals surface area contributed by atoms with E-state index in [1.54, 1.807) is 26.2 Å². The van der Waals surface area contributed by atoms with E-state index in [0.717, 1.165) is 34.7 Å². The lowest BCUT2D eigenvalue weighted by Crippen LogP contribution is -2.34. The van der Waals surface area contributed by atoms with Gasteiger partial charge in [-0.3, -0.25) is 14.7 Å². The quantitative estimate of drug-likeness (QED) is 0.345.